The molecule has 0 saturated heterocycles. The van der Waals surface area contributed by atoms with Crippen LogP contribution in [0.4, 0.5) is 0 Å². The van der Waals surface area contributed by atoms with Crippen molar-refractivity contribution in [2.45, 2.75) is 6.92 Å². The number of isocyanates is 1. The third-order valence-corrected chi connectivity index (χ3v) is 1.52. The zero-order valence-electron chi connectivity index (χ0n) is 6.57. The molecule has 1 aromatic carbocycles. The highest BCUT2D eigenvalue weighted by molar-refractivity contribution is 5.98. The first-order valence-corrected chi connectivity index (χ1v) is 3.43. The molecule has 3 nitrogen and oxygen atoms in total. The van der Waals surface area contributed by atoms with E-state index in [9.17, 15) is 9.59 Å². The molecule has 60 valence electrons. The van der Waals surface area contributed by atoms with Crippen LogP contribution in [0.15, 0.2) is 29.3 Å². The van der Waals surface area contributed by atoms with Gasteiger partial charge in [0, 0.05) is 5.56 Å². The summed E-state index contributed by atoms with van der Waals surface area (Å²) in [5.74, 6) is -0.539. The molecule has 1 amide bonds. The molecule has 0 atom stereocenters. The maximum atomic E-state index is 11.0. The molecule has 0 bridgehead atoms. The Kier molecular flexibility index (Phi) is 2.51. The van der Waals surface area contributed by atoms with E-state index in [-0.39, 0.29) is 0 Å². The number of carbonyl (C=O) groups excluding carboxylic acids is 2. The number of benzene rings is 1. The van der Waals surface area contributed by atoms with Gasteiger partial charge in [-0.05, 0) is 18.6 Å². The van der Waals surface area contributed by atoms with E-state index in [1.807, 2.05) is 6.07 Å². The van der Waals surface area contributed by atoms with Crippen LogP contribution in [0.5, 0.6) is 0 Å². The zero-order valence-corrected chi connectivity index (χ0v) is 6.57. The first kappa shape index (κ1) is 8.37. The van der Waals surface area contributed by atoms with Gasteiger partial charge in [-0.15, -0.1) is 4.99 Å². The van der Waals surface area contributed by atoms with Crippen molar-refractivity contribution in [3.63, 3.8) is 0 Å². The number of rotatable bonds is 1. The van der Waals surface area contributed by atoms with Gasteiger partial charge in [0.15, 0.2) is 0 Å². The van der Waals surface area contributed by atoms with Gasteiger partial charge in [-0.2, -0.15) is 0 Å². The van der Waals surface area contributed by atoms with Crippen LogP contribution in [0.25, 0.3) is 0 Å². The Balaban J connectivity index is 3.11. The number of hydrogen-bond donors (Lipinski definition) is 0. The molecule has 0 aliphatic rings. The third kappa shape index (κ3) is 1.65. The van der Waals surface area contributed by atoms with Gasteiger partial charge in [0.05, 0.1) is 0 Å². The van der Waals surface area contributed by atoms with Crippen LogP contribution >= 0.6 is 0 Å². The maximum Gasteiger partial charge on any atom is 0.287 e. The molecule has 0 aliphatic carbocycles. The number of aliphatic imine (C=N–C) groups is 1. The van der Waals surface area contributed by atoms with E-state index < -0.39 is 5.91 Å². The van der Waals surface area contributed by atoms with Gasteiger partial charge in [-0.25, -0.2) is 4.79 Å². The number of amides is 1. The molecule has 3 heteroatoms. The Morgan fingerprint density at radius 3 is 2.67 bits per heavy atom. The molecule has 0 spiro atoms. The highest BCUT2D eigenvalue weighted by Gasteiger charge is 2.05. The van der Waals surface area contributed by atoms with Crippen molar-refractivity contribution in [2.75, 3.05) is 0 Å². The Labute approximate surface area is 69.7 Å². The minimum atomic E-state index is -0.539. The highest BCUT2D eigenvalue weighted by atomic mass is 16.2. The summed E-state index contributed by atoms with van der Waals surface area (Å²) in [4.78, 5) is 23.8. The Bertz CT molecular complexity index is 351. The van der Waals surface area contributed by atoms with Gasteiger partial charge >= 0.3 is 0 Å². The van der Waals surface area contributed by atoms with E-state index in [1.165, 1.54) is 6.08 Å². The molecule has 0 radical (unpaired) electrons. The lowest BCUT2D eigenvalue weighted by molar-refractivity contribution is 0.100. The second-order valence-corrected chi connectivity index (χ2v) is 2.32. The fraction of sp³-hybridized carbons (Fsp3) is 0.111. The topological polar surface area (TPSA) is 46.5 Å². The van der Waals surface area contributed by atoms with E-state index >= 15 is 0 Å². The smallest absolute Gasteiger partial charge is 0.266 e. The summed E-state index contributed by atoms with van der Waals surface area (Å²) in [5.41, 5.74) is 1.25. The van der Waals surface area contributed by atoms with Crippen LogP contribution in [-0.4, -0.2) is 12.0 Å². The van der Waals surface area contributed by atoms with Crippen LogP contribution in [0.3, 0.4) is 0 Å². The van der Waals surface area contributed by atoms with Crippen LogP contribution in [0.1, 0.15) is 15.9 Å². The maximum absolute atomic E-state index is 11.0. The Hall–Kier alpha value is -1.73. The monoisotopic (exact) mass is 161 g/mol. The minimum absolute atomic E-state index is 0.445. The average molecular weight is 161 g/mol. The molecular weight excluding hydrogens is 154 g/mol. The number of aryl methyl sites for hydroxylation is 1. The van der Waals surface area contributed by atoms with Gasteiger partial charge in [0.25, 0.3) is 5.91 Å². The standard InChI is InChI=1S/C9H7NO2/c1-7-4-2-3-5-8(7)9(12)10-6-11/h2-5H,1H3. The van der Waals surface area contributed by atoms with E-state index in [1.54, 1.807) is 25.1 Å². The largest absolute Gasteiger partial charge is 0.287 e. The summed E-state index contributed by atoms with van der Waals surface area (Å²) < 4.78 is 0. The minimum Gasteiger partial charge on any atom is -0.266 e. The fourth-order valence-electron chi connectivity index (χ4n) is 0.915. The van der Waals surface area contributed by atoms with Gasteiger partial charge in [-0.3, -0.25) is 4.79 Å². The molecular formula is C9H7NO2. The number of carbonyl (C=O) groups is 1. The Morgan fingerprint density at radius 2 is 2.08 bits per heavy atom. The third-order valence-electron chi connectivity index (χ3n) is 1.52. The van der Waals surface area contributed by atoms with Crippen molar-refractivity contribution in [2.24, 2.45) is 4.99 Å². The predicted octanol–water partition coefficient (Wildman–Crippen LogP) is 1.47. The lowest BCUT2D eigenvalue weighted by Crippen LogP contribution is -1.96. The molecule has 0 fully saturated rings. The van der Waals surface area contributed by atoms with Crippen molar-refractivity contribution in [3.8, 4) is 0 Å². The van der Waals surface area contributed by atoms with Crippen molar-refractivity contribution < 1.29 is 9.59 Å². The van der Waals surface area contributed by atoms with E-state index in [2.05, 4.69) is 4.99 Å². The van der Waals surface area contributed by atoms with Crippen LogP contribution < -0.4 is 0 Å². The quantitative estimate of drug-likeness (QED) is 0.462. The van der Waals surface area contributed by atoms with Gasteiger partial charge in [-0.1, -0.05) is 18.2 Å². The van der Waals surface area contributed by atoms with Gasteiger partial charge in [0.1, 0.15) is 0 Å². The summed E-state index contributed by atoms with van der Waals surface area (Å²) in [7, 11) is 0. The lowest BCUT2D eigenvalue weighted by Gasteiger charge is -1.96. The summed E-state index contributed by atoms with van der Waals surface area (Å²) in [6.45, 7) is 1.79. The van der Waals surface area contributed by atoms with E-state index in [0.717, 1.165) is 5.56 Å². The molecule has 0 unspecified atom stereocenters. The van der Waals surface area contributed by atoms with Crippen molar-refractivity contribution in [1.82, 2.24) is 0 Å². The molecule has 0 aliphatic heterocycles. The van der Waals surface area contributed by atoms with Crippen LogP contribution in [0.2, 0.25) is 0 Å². The molecule has 0 saturated carbocycles. The Morgan fingerprint density at radius 1 is 1.42 bits per heavy atom. The van der Waals surface area contributed by atoms with Crippen LogP contribution in [-0.2, 0) is 4.79 Å². The van der Waals surface area contributed by atoms with E-state index in [0.29, 0.717) is 5.56 Å². The molecule has 12 heavy (non-hydrogen) atoms. The summed E-state index contributed by atoms with van der Waals surface area (Å²) in [5, 5.41) is 0. The molecule has 1 aromatic rings. The second-order valence-electron chi connectivity index (χ2n) is 2.32. The molecule has 1 rings (SSSR count). The normalized spacial score (nSPS) is 8.75. The number of nitrogens with zero attached hydrogens (tertiary/aromatic N) is 1. The highest BCUT2D eigenvalue weighted by Crippen LogP contribution is 2.07. The molecule has 0 aromatic heterocycles. The van der Waals surface area contributed by atoms with Crippen molar-refractivity contribution in [1.29, 1.82) is 0 Å². The fourth-order valence-corrected chi connectivity index (χ4v) is 0.915. The zero-order chi connectivity index (χ0) is 8.97. The second kappa shape index (κ2) is 3.60. The summed E-state index contributed by atoms with van der Waals surface area (Å²) in [6.07, 6.45) is 1.22. The molecule has 0 heterocycles. The van der Waals surface area contributed by atoms with Crippen molar-refractivity contribution in [3.05, 3.63) is 35.4 Å². The van der Waals surface area contributed by atoms with Gasteiger partial charge in [0.2, 0.25) is 6.08 Å². The van der Waals surface area contributed by atoms with Crippen molar-refractivity contribution >= 4 is 12.0 Å². The van der Waals surface area contributed by atoms with Gasteiger partial charge < -0.3 is 0 Å². The predicted molar refractivity (Wildman–Crippen MR) is 43.6 cm³/mol. The first-order valence-electron chi connectivity index (χ1n) is 3.43. The van der Waals surface area contributed by atoms with Crippen LogP contribution in [0, 0.1) is 6.92 Å². The molecule has 0 N–H and O–H groups in total. The summed E-state index contributed by atoms with van der Waals surface area (Å²) in [6, 6.07) is 6.95. The lowest BCUT2D eigenvalue weighted by atomic mass is 10.1. The first-order chi connectivity index (χ1) is 5.75. The SMILES string of the molecule is Cc1ccccc1C(=O)N=C=O. The number of hydrogen-bond acceptors (Lipinski definition) is 2. The van der Waals surface area contributed by atoms with E-state index in [4.69, 9.17) is 0 Å². The summed E-state index contributed by atoms with van der Waals surface area (Å²) >= 11 is 0. The average Bonchev–Trinajstić information content (AvgIpc) is 2.05.